The summed E-state index contributed by atoms with van der Waals surface area (Å²) in [5.41, 5.74) is 0.212. The molecule has 0 bridgehead atoms. The van der Waals surface area contributed by atoms with Crippen LogP contribution in [0.15, 0.2) is 23.4 Å². The van der Waals surface area contributed by atoms with Gasteiger partial charge in [0.15, 0.2) is 0 Å². The number of benzene rings is 1. The molecular formula is C13H10ClF2N3O2. The molecule has 1 aromatic heterocycles. The van der Waals surface area contributed by atoms with Gasteiger partial charge in [-0.1, -0.05) is 22.8 Å². The lowest BCUT2D eigenvalue weighted by Gasteiger charge is -2.00. The van der Waals surface area contributed by atoms with Crippen molar-refractivity contribution in [3.8, 4) is 0 Å². The van der Waals surface area contributed by atoms with Crippen LogP contribution in [0.4, 0.5) is 8.78 Å². The lowest BCUT2D eigenvalue weighted by molar-refractivity contribution is 0.0508. The maximum Gasteiger partial charge on any atom is 0.371 e. The largest absolute Gasteiger partial charge is 0.371 e. The highest BCUT2D eigenvalue weighted by molar-refractivity contribution is 6.32. The Bertz CT molecular complexity index is 708. The third kappa shape index (κ3) is 3.08. The van der Waals surface area contributed by atoms with Crippen molar-refractivity contribution in [3.63, 3.8) is 0 Å². The van der Waals surface area contributed by atoms with Gasteiger partial charge in [0.05, 0.1) is 17.5 Å². The minimum absolute atomic E-state index is 0.296. The zero-order chi connectivity index (χ0) is 15.6. The summed E-state index contributed by atoms with van der Waals surface area (Å²) in [6, 6.07) is 3.04. The van der Waals surface area contributed by atoms with E-state index in [1.165, 1.54) is 4.68 Å². The number of aryl methyl sites for hydroxylation is 2. The fraction of sp³-hybridized carbons (Fsp3) is 0.154. The van der Waals surface area contributed by atoms with Crippen molar-refractivity contribution < 1.29 is 18.4 Å². The van der Waals surface area contributed by atoms with Gasteiger partial charge in [0.1, 0.15) is 22.4 Å². The molecule has 0 atom stereocenters. The number of carbonyl (C=O) groups is 1. The van der Waals surface area contributed by atoms with Gasteiger partial charge in [0, 0.05) is 7.05 Å². The quantitative estimate of drug-likeness (QED) is 0.497. The van der Waals surface area contributed by atoms with E-state index in [1.54, 1.807) is 14.0 Å². The molecule has 0 aliphatic rings. The minimum Gasteiger partial charge on any atom is -0.313 e. The average Bonchev–Trinajstić information content (AvgIpc) is 2.65. The molecule has 8 heteroatoms. The standard InChI is InChI=1S/C13H10ClF2N3O2/c1-7-8(12(14)19(2)18-7)6-17-21-13(20)11-9(15)4-3-5-10(11)16/h3-6H,1-2H3. The highest BCUT2D eigenvalue weighted by Crippen LogP contribution is 2.17. The molecule has 21 heavy (non-hydrogen) atoms. The Kier molecular flexibility index (Phi) is 4.32. The Labute approximate surface area is 123 Å². The lowest BCUT2D eigenvalue weighted by Crippen LogP contribution is -2.07. The number of aromatic nitrogens is 2. The van der Waals surface area contributed by atoms with Gasteiger partial charge in [0.2, 0.25) is 0 Å². The SMILES string of the molecule is Cc1nn(C)c(Cl)c1C=NOC(=O)c1c(F)cccc1F. The average molecular weight is 314 g/mol. The Morgan fingerprint density at radius 1 is 1.43 bits per heavy atom. The summed E-state index contributed by atoms with van der Waals surface area (Å²) in [6.07, 6.45) is 1.15. The number of nitrogens with zero attached hydrogens (tertiary/aromatic N) is 3. The van der Waals surface area contributed by atoms with E-state index in [1.807, 2.05) is 0 Å². The van der Waals surface area contributed by atoms with Crippen LogP contribution in [0, 0.1) is 18.6 Å². The van der Waals surface area contributed by atoms with Crippen molar-refractivity contribution in [3.05, 3.63) is 51.8 Å². The lowest BCUT2D eigenvalue weighted by atomic mass is 10.2. The van der Waals surface area contributed by atoms with Gasteiger partial charge in [-0.3, -0.25) is 4.68 Å². The van der Waals surface area contributed by atoms with Crippen molar-refractivity contribution in [1.82, 2.24) is 9.78 Å². The summed E-state index contributed by atoms with van der Waals surface area (Å²) >= 11 is 5.95. The van der Waals surface area contributed by atoms with Crippen LogP contribution in [0.2, 0.25) is 5.15 Å². The summed E-state index contributed by atoms with van der Waals surface area (Å²) in [6.45, 7) is 1.69. The molecule has 2 aromatic rings. The van der Waals surface area contributed by atoms with Crippen LogP contribution in [0.25, 0.3) is 0 Å². The third-order valence-corrected chi connectivity index (χ3v) is 3.13. The van der Waals surface area contributed by atoms with Crippen molar-refractivity contribution in [1.29, 1.82) is 0 Å². The zero-order valence-electron chi connectivity index (χ0n) is 11.1. The van der Waals surface area contributed by atoms with Crippen LogP contribution >= 0.6 is 11.6 Å². The third-order valence-electron chi connectivity index (χ3n) is 2.68. The highest BCUT2D eigenvalue weighted by Gasteiger charge is 2.18. The van der Waals surface area contributed by atoms with E-state index in [9.17, 15) is 13.6 Å². The first-order valence-corrected chi connectivity index (χ1v) is 6.17. The van der Waals surface area contributed by atoms with Crippen molar-refractivity contribution in [2.24, 2.45) is 12.2 Å². The molecule has 0 saturated heterocycles. The summed E-state index contributed by atoms with van der Waals surface area (Å²) < 4.78 is 28.1. The maximum absolute atomic E-state index is 13.4. The number of hydrogen-bond donors (Lipinski definition) is 0. The van der Waals surface area contributed by atoms with E-state index in [-0.39, 0.29) is 0 Å². The molecule has 0 spiro atoms. The minimum atomic E-state index is -1.24. The van der Waals surface area contributed by atoms with Gasteiger partial charge in [0.25, 0.3) is 0 Å². The molecule has 0 unspecified atom stereocenters. The smallest absolute Gasteiger partial charge is 0.313 e. The second-order valence-corrected chi connectivity index (χ2v) is 4.48. The van der Waals surface area contributed by atoms with Gasteiger partial charge in [-0.15, -0.1) is 0 Å². The molecule has 0 N–H and O–H groups in total. The molecule has 110 valence electrons. The molecule has 1 aromatic carbocycles. The Hall–Kier alpha value is -2.28. The topological polar surface area (TPSA) is 56.5 Å². The van der Waals surface area contributed by atoms with E-state index in [4.69, 9.17) is 11.6 Å². The highest BCUT2D eigenvalue weighted by atomic mass is 35.5. The van der Waals surface area contributed by atoms with Gasteiger partial charge in [-0.25, -0.2) is 13.6 Å². The second kappa shape index (κ2) is 6.01. The van der Waals surface area contributed by atoms with E-state index in [0.717, 1.165) is 24.4 Å². The summed E-state index contributed by atoms with van der Waals surface area (Å²) in [4.78, 5) is 16.0. The summed E-state index contributed by atoms with van der Waals surface area (Å²) in [5, 5.41) is 7.71. The summed E-state index contributed by atoms with van der Waals surface area (Å²) in [5.74, 6) is -3.28. The molecule has 2 rings (SSSR count). The Morgan fingerprint density at radius 3 is 2.57 bits per heavy atom. The number of hydrogen-bond acceptors (Lipinski definition) is 4. The van der Waals surface area contributed by atoms with Crippen LogP contribution in [-0.4, -0.2) is 22.0 Å². The molecule has 0 fully saturated rings. The van der Waals surface area contributed by atoms with Crippen LogP contribution in [0.5, 0.6) is 0 Å². The van der Waals surface area contributed by atoms with Crippen LogP contribution in [0.3, 0.4) is 0 Å². The van der Waals surface area contributed by atoms with Crippen molar-refractivity contribution in [2.75, 3.05) is 0 Å². The van der Waals surface area contributed by atoms with Crippen molar-refractivity contribution >= 4 is 23.8 Å². The van der Waals surface area contributed by atoms with Gasteiger partial charge in [-0.05, 0) is 19.1 Å². The molecule has 0 aliphatic carbocycles. The number of halogens is 3. The monoisotopic (exact) mass is 313 g/mol. The van der Waals surface area contributed by atoms with Crippen LogP contribution in [0.1, 0.15) is 21.6 Å². The number of carbonyl (C=O) groups excluding carboxylic acids is 1. The number of rotatable bonds is 3. The Balaban J connectivity index is 2.16. The first-order valence-electron chi connectivity index (χ1n) is 5.79. The molecule has 0 radical (unpaired) electrons. The fourth-order valence-electron chi connectivity index (χ4n) is 1.66. The molecule has 0 saturated carbocycles. The first kappa shape index (κ1) is 15.1. The number of oxime groups is 1. The van der Waals surface area contributed by atoms with Gasteiger partial charge in [-0.2, -0.15) is 5.10 Å². The molecule has 0 amide bonds. The van der Waals surface area contributed by atoms with E-state index < -0.39 is 23.2 Å². The molecular weight excluding hydrogens is 304 g/mol. The van der Waals surface area contributed by atoms with Gasteiger partial charge >= 0.3 is 5.97 Å². The molecule has 5 nitrogen and oxygen atoms in total. The first-order chi connectivity index (χ1) is 9.91. The molecule has 0 aliphatic heterocycles. The predicted octanol–water partition coefficient (Wildman–Crippen LogP) is 2.85. The summed E-state index contributed by atoms with van der Waals surface area (Å²) in [7, 11) is 1.63. The van der Waals surface area contributed by atoms with E-state index in [0.29, 0.717) is 16.4 Å². The van der Waals surface area contributed by atoms with Crippen LogP contribution < -0.4 is 0 Å². The maximum atomic E-state index is 13.4. The fourth-order valence-corrected chi connectivity index (χ4v) is 1.88. The second-order valence-electron chi connectivity index (χ2n) is 4.12. The zero-order valence-corrected chi connectivity index (χ0v) is 11.9. The van der Waals surface area contributed by atoms with E-state index >= 15 is 0 Å². The Morgan fingerprint density at radius 2 is 2.05 bits per heavy atom. The van der Waals surface area contributed by atoms with Gasteiger partial charge < -0.3 is 4.84 Å². The van der Waals surface area contributed by atoms with Crippen LogP contribution in [-0.2, 0) is 11.9 Å². The molecule has 1 heterocycles. The van der Waals surface area contributed by atoms with Crippen molar-refractivity contribution in [2.45, 2.75) is 6.92 Å². The van der Waals surface area contributed by atoms with E-state index in [2.05, 4.69) is 15.1 Å². The normalized spacial score (nSPS) is 11.1. The predicted molar refractivity (Wildman–Crippen MR) is 72.3 cm³/mol.